The molecular weight excluding hydrogens is 284 g/mol. The number of rotatable bonds is 4. The number of nitrogens with two attached hydrogens (primary N) is 1. The number of nitriles is 1. The van der Waals surface area contributed by atoms with Gasteiger partial charge in [0.2, 0.25) is 0 Å². The predicted molar refractivity (Wildman–Crippen MR) is 78.8 cm³/mol. The van der Waals surface area contributed by atoms with Gasteiger partial charge < -0.3 is 15.2 Å². The van der Waals surface area contributed by atoms with Crippen LogP contribution in [0.4, 0.5) is 0 Å². The summed E-state index contributed by atoms with van der Waals surface area (Å²) in [6, 6.07) is 12.1. The molecule has 0 spiro atoms. The van der Waals surface area contributed by atoms with Crippen molar-refractivity contribution in [2.75, 3.05) is 7.11 Å². The maximum atomic E-state index is 12.0. The topological polar surface area (TPSA) is 102 Å². The minimum atomic E-state index is -2.25. The summed E-state index contributed by atoms with van der Waals surface area (Å²) in [7, 11) is 1.39. The SMILES string of the molecule is COc1ccc2ccccc2c1C(C#N)(OC(C)=O)C(N)=O. The Hall–Kier alpha value is -3.07. The van der Waals surface area contributed by atoms with Crippen LogP contribution in [-0.2, 0) is 19.9 Å². The van der Waals surface area contributed by atoms with Gasteiger partial charge in [-0.3, -0.25) is 9.59 Å². The van der Waals surface area contributed by atoms with Crippen LogP contribution in [0.15, 0.2) is 36.4 Å². The van der Waals surface area contributed by atoms with E-state index in [4.69, 9.17) is 15.2 Å². The van der Waals surface area contributed by atoms with Gasteiger partial charge in [-0.05, 0) is 16.8 Å². The van der Waals surface area contributed by atoms with Gasteiger partial charge in [-0.25, -0.2) is 0 Å². The molecule has 22 heavy (non-hydrogen) atoms. The molecule has 1 atom stereocenters. The van der Waals surface area contributed by atoms with Crippen LogP contribution in [0.25, 0.3) is 10.8 Å². The average molecular weight is 298 g/mol. The van der Waals surface area contributed by atoms with Crippen LogP contribution >= 0.6 is 0 Å². The van der Waals surface area contributed by atoms with E-state index < -0.39 is 17.5 Å². The van der Waals surface area contributed by atoms with Gasteiger partial charge in [0.25, 0.3) is 5.91 Å². The van der Waals surface area contributed by atoms with Gasteiger partial charge in [-0.1, -0.05) is 30.3 Å². The molecular formula is C16H14N2O4. The molecule has 0 bridgehead atoms. The molecule has 0 saturated carbocycles. The fraction of sp³-hybridized carbons (Fsp3) is 0.188. The van der Waals surface area contributed by atoms with Crippen LogP contribution in [0.2, 0.25) is 0 Å². The summed E-state index contributed by atoms with van der Waals surface area (Å²) in [5.41, 5.74) is 3.25. The molecule has 0 fully saturated rings. The second-order valence-electron chi connectivity index (χ2n) is 4.61. The van der Waals surface area contributed by atoms with Crippen molar-refractivity contribution >= 4 is 22.6 Å². The van der Waals surface area contributed by atoms with Crippen molar-refractivity contribution in [3.05, 3.63) is 42.0 Å². The molecule has 0 aromatic heterocycles. The van der Waals surface area contributed by atoms with Gasteiger partial charge in [0.1, 0.15) is 11.8 Å². The largest absolute Gasteiger partial charge is 0.496 e. The highest BCUT2D eigenvalue weighted by Gasteiger charge is 2.46. The Labute approximate surface area is 127 Å². The third-order valence-electron chi connectivity index (χ3n) is 3.26. The average Bonchev–Trinajstić information content (AvgIpc) is 2.51. The Bertz CT molecular complexity index is 794. The fourth-order valence-corrected chi connectivity index (χ4v) is 2.36. The summed E-state index contributed by atoms with van der Waals surface area (Å²) in [6.07, 6.45) is 0. The van der Waals surface area contributed by atoms with E-state index in [9.17, 15) is 14.9 Å². The summed E-state index contributed by atoms with van der Waals surface area (Å²) in [5, 5.41) is 10.8. The number of carbonyl (C=O) groups excluding carboxylic acids is 2. The van der Waals surface area contributed by atoms with Gasteiger partial charge in [-0.2, -0.15) is 5.26 Å². The summed E-state index contributed by atoms with van der Waals surface area (Å²) >= 11 is 0. The van der Waals surface area contributed by atoms with E-state index >= 15 is 0 Å². The van der Waals surface area contributed by atoms with Crippen LogP contribution < -0.4 is 10.5 Å². The van der Waals surface area contributed by atoms with Crippen molar-refractivity contribution in [2.45, 2.75) is 12.5 Å². The Balaban J connectivity index is 2.92. The maximum Gasteiger partial charge on any atom is 0.304 e. The first-order chi connectivity index (χ1) is 10.5. The number of fused-ring (bicyclic) bond motifs is 1. The molecule has 0 heterocycles. The molecule has 112 valence electrons. The van der Waals surface area contributed by atoms with Gasteiger partial charge >= 0.3 is 11.6 Å². The monoisotopic (exact) mass is 298 g/mol. The van der Waals surface area contributed by atoms with E-state index in [0.29, 0.717) is 5.39 Å². The fourth-order valence-electron chi connectivity index (χ4n) is 2.36. The number of primary amides is 1. The highest BCUT2D eigenvalue weighted by atomic mass is 16.6. The highest BCUT2D eigenvalue weighted by Crippen LogP contribution is 2.38. The van der Waals surface area contributed by atoms with E-state index in [1.54, 1.807) is 36.4 Å². The van der Waals surface area contributed by atoms with Gasteiger partial charge in [0, 0.05) is 6.92 Å². The number of ether oxygens (including phenoxy) is 2. The zero-order valence-corrected chi connectivity index (χ0v) is 12.1. The third kappa shape index (κ3) is 2.33. The van der Waals surface area contributed by atoms with Gasteiger partial charge in [0.05, 0.1) is 12.7 Å². The van der Waals surface area contributed by atoms with Crippen molar-refractivity contribution in [3.63, 3.8) is 0 Å². The molecule has 6 nitrogen and oxygen atoms in total. The number of amides is 1. The van der Waals surface area contributed by atoms with E-state index in [0.717, 1.165) is 12.3 Å². The van der Waals surface area contributed by atoms with Crippen LogP contribution in [0.1, 0.15) is 12.5 Å². The number of nitrogens with zero attached hydrogens (tertiary/aromatic N) is 1. The number of carbonyl (C=O) groups is 2. The van der Waals surface area contributed by atoms with E-state index in [1.165, 1.54) is 7.11 Å². The number of esters is 1. The number of hydrogen-bond acceptors (Lipinski definition) is 5. The molecule has 1 amide bonds. The highest BCUT2D eigenvalue weighted by molar-refractivity contribution is 5.99. The Kier molecular flexibility index (Phi) is 4.00. The predicted octanol–water partition coefficient (Wildman–Crippen LogP) is 1.62. The number of benzene rings is 2. The first-order valence-electron chi connectivity index (χ1n) is 6.43. The van der Waals surface area contributed by atoms with E-state index in [1.807, 2.05) is 6.07 Å². The molecule has 2 rings (SSSR count). The summed E-state index contributed by atoms with van der Waals surface area (Å²) in [5.74, 6) is -1.64. The lowest BCUT2D eigenvalue weighted by Crippen LogP contribution is -2.44. The third-order valence-corrected chi connectivity index (χ3v) is 3.26. The normalized spacial score (nSPS) is 13.0. The van der Waals surface area contributed by atoms with Crippen molar-refractivity contribution in [3.8, 4) is 11.8 Å². The molecule has 0 aliphatic rings. The minimum absolute atomic E-state index is 0.123. The van der Waals surface area contributed by atoms with E-state index in [2.05, 4.69) is 0 Å². The van der Waals surface area contributed by atoms with Crippen molar-refractivity contribution in [2.24, 2.45) is 5.73 Å². The summed E-state index contributed by atoms with van der Waals surface area (Å²) < 4.78 is 10.3. The standard InChI is InChI=1S/C16H14N2O4/c1-10(19)22-16(9-17,15(18)20)14-12-6-4-3-5-11(12)7-8-13(14)21-2/h3-8H,1-2H3,(H2,18,20). The Morgan fingerprint density at radius 3 is 2.45 bits per heavy atom. The molecule has 1 unspecified atom stereocenters. The van der Waals surface area contributed by atoms with E-state index in [-0.39, 0.29) is 11.3 Å². The quantitative estimate of drug-likeness (QED) is 0.864. The van der Waals surface area contributed by atoms with Crippen LogP contribution in [0.3, 0.4) is 0 Å². The van der Waals surface area contributed by atoms with Crippen molar-refractivity contribution in [1.82, 2.24) is 0 Å². The van der Waals surface area contributed by atoms with Gasteiger partial charge in [0.15, 0.2) is 0 Å². The van der Waals surface area contributed by atoms with Gasteiger partial charge in [-0.15, -0.1) is 0 Å². The zero-order valence-electron chi connectivity index (χ0n) is 12.1. The maximum absolute atomic E-state index is 12.0. The molecule has 0 radical (unpaired) electrons. The lowest BCUT2D eigenvalue weighted by Gasteiger charge is -2.26. The number of hydrogen-bond donors (Lipinski definition) is 1. The van der Waals surface area contributed by atoms with Crippen LogP contribution in [0.5, 0.6) is 5.75 Å². The molecule has 0 aliphatic carbocycles. The lowest BCUT2D eigenvalue weighted by atomic mass is 9.88. The Morgan fingerprint density at radius 1 is 1.23 bits per heavy atom. The first kappa shape index (κ1) is 15.3. The zero-order chi connectivity index (χ0) is 16.3. The Morgan fingerprint density at radius 2 is 1.91 bits per heavy atom. The van der Waals surface area contributed by atoms with Crippen LogP contribution in [0, 0.1) is 11.3 Å². The molecule has 2 aromatic carbocycles. The van der Waals surface area contributed by atoms with Crippen LogP contribution in [-0.4, -0.2) is 19.0 Å². The molecule has 2 aromatic rings. The second-order valence-corrected chi connectivity index (χ2v) is 4.61. The molecule has 0 saturated heterocycles. The molecule has 6 heteroatoms. The first-order valence-corrected chi connectivity index (χ1v) is 6.43. The lowest BCUT2D eigenvalue weighted by molar-refractivity contribution is -0.160. The van der Waals surface area contributed by atoms with Crippen molar-refractivity contribution in [1.29, 1.82) is 5.26 Å². The number of methoxy groups -OCH3 is 1. The van der Waals surface area contributed by atoms with Crippen molar-refractivity contribution < 1.29 is 19.1 Å². The smallest absolute Gasteiger partial charge is 0.304 e. The minimum Gasteiger partial charge on any atom is -0.496 e. The summed E-state index contributed by atoms with van der Waals surface area (Å²) in [4.78, 5) is 23.4. The molecule has 2 N–H and O–H groups in total. The second kappa shape index (κ2) is 5.74. The molecule has 0 aliphatic heterocycles. The summed E-state index contributed by atoms with van der Waals surface area (Å²) in [6.45, 7) is 1.10.